The standard InChI is InChI=1S/C55H81N3O13/c1-11-38-23-32(3)22-33(4)24-47(66-9)51-48(67-10)26-35(6)55(64,71-51)52(61)53(62)58-21-14-13-18-42(58)54(63)70-50(36(7)43(59)29-44(38)60)34(5)25-37-19-20-45(46(27-37)65-8)69-31-49-56-30-41(57-49)39-16-15-17-40(28-39)68-12-2/h15-17,23,25,28,30,33,35-38,42-43,45-48,50-51,59,64H,11-14,18-22,24,26-27,29,31H2,1-10H3,(H,56,57)/b32-23+,34-25?. The molecule has 1 aromatic heterocycles. The molecule has 0 spiro atoms. The number of carbonyl (C=O) groups is 4. The number of benzene rings is 1. The number of piperidine rings is 1. The van der Waals surface area contributed by atoms with Crippen LogP contribution in [0.5, 0.6) is 5.75 Å². The van der Waals surface area contributed by atoms with E-state index in [0.29, 0.717) is 63.0 Å². The number of aromatic nitrogens is 2. The van der Waals surface area contributed by atoms with Gasteiger partial charge in [0, 0.05) is 63.8 Å². The molecular formula is C55H81N3O13. The third kappa shape index (κ3) is 13.7. The monoisotopic (exact) mass is 992 g/mol. The second-order valence-corrected chi connectivity index (χ2v) is 20.6. The van der Waals surface area contributed by atoms with Crippen molar-refractivity contribution < 1.29 is 62.5 Å². The summed E-state index contributed by atoms with van der Waals surface area (Å²) in [7, 11) is 4.74. The highest BCUT2D eigenvalue weighted by Gasteiger charge is 2.56. The third-order valence-corrected chi connectivity index (χ3v) is 15.4. The number of amides is 1. The van der Waals surface area contributed by atoms with E-state index in [-0.39, 0.29) is 62.2 Å². The minimum absolute atomic E-state index is 0.00901. The molecule has 3 fully saturated rings. The average molecular weight is 992 g/mol. The molecule has 3 aliphatic heterocycles. The van der Waals surface area contributed by atoms with E-state index in [2.05, 4.69) is 18.0 Å². The van der Waals surface area contributed by atoms with Crippen LogP contribution >= 0.6 is 0 Å². The molecule has 6 rings (SSSR count). The van der Waals surface area contributed by atoms with E-state index in [1.54, 1.807) is 21.0 Å². The quantitative estimate of drug-likeness (QED) is 0.107. The van der Waals surface area contributed by atoms with Gasteiger partial charge in [-0.3, -0.25) is 14.4 Å². The fourth-order valence-electron chi connectivity index (χ4n) is 11.2. The fraction of sp³-hybridized carbons (Fsp3) is 0.691. The van der Waals surface area contributed by atoms with Crippen LogP contribution in [-0.4, -0.2) is 138 Å². The molecule has 0 radical (unpaired) electrons. The molecule has 2 saturated heterocycles. The highest BCUT2D eigenvalue weighted by Crippen LogP contribution is 2.40. The van der Waals surface area contributed by atoms with Crippen molar-refractivity contribution >= 4 is 23.4 Å². The summed E-state index contributed by atoms with van der Waals surface area (Å²) in [6.07, 6.45) is 6.21. The number of fused-ring (bicyclic) bond motifs is 3. The van der Waals surface area contributed by atoms with Crippen LogP contribution in [-0.2, 0) is 54.2 Å². The van der Waals surface area contributed by atoms with Crippen molar-refractivity contribution in [3.8, 4) is 17.0 Å². The van der Waals surface area contributed by atoms with Gasteiger partial charge in [0.25, 0.3) is 11.7 Å². The summed E-state index contributed by atoms with van der Waals surface area (Å²) in [5, 5.41) is 24.1. The van der Waals surface area contributed by atoms with Crippen LogP contribution in [0, 0.1) is 29.6 Å². The number of aromatic amines is 1. The van der Waals surface area contributed by atoms with Crippen molar-refractivity contribution in [3.05, 3.63) is 59.6 Å². The van der Waals surface area contributed by atoms with Crippen LogP contribution in [0.15, 0.2) is 53.8 Å². The zero-order chi connectivity index (χ0) is 51.6. The molecule has 4 aliphatic rings. The van der Waals surface area contributed by atoms with Crippen LogP contribution in [0.2, 0.25) is 0 Å². The fourth-order valence-corrected chi connectivity index (χ4v) is 11.2. The Bertz CT molecular complexity index is 2170. The first-order valence-corrected chi connectivity index (χ1v) is 25.9. The molecule has 16 heteroatoms. The Morgan fingerprint density at radius 3 is 2.38 bits per heavy atom. The molecule has 14 atom stereocenters. The average Bonchev–Trinajstić information content (AvgIpc) is 3.85. The number of hydrogen-bond acceptors (Lipinski definition) is 14. The van der Waals surface area contributed by atoms with Crippen molar-refractivity contribution in [2.24, 2.45) is 29.6 Å². The number of cyclic esters (lactones) is 1. The number of ketones is 2. The highest BCUT2D eigenvalue weighted by atomic mass is 16.7. The summed E-state index contributed by atoms with van der Waals surface area (Å²) in [6, 6.07) is 6.64. The molecule has 394 valence electrons. The topological polar surface area (TPSA) is 205 Å². The lowest BCUT2D eigenvalue weighted by atomic mass is 9.81. The number of aliphatic hydroxyl groups is 2. The van der Waals surface area contributed by atoms with Crippen molar-refractivity contribution in [1.82, 2.24) is 14.9 Å². The number of ether oxygens (including phenoxy) is 7. The van der Waals surface area contributed by atoms with Crippen LogP contribution in [0.4, 0.5) is 0 Å². The lowest BCUT2D eigenvalue weighted by molar-refractivity contribution is -0.302. The molecule has 71 heavy (non-hydrogen) atoms. The maximum atomic E-state index is 14.6. The number of H-pyrrole nitrogens is 1. The predicted molar refractivity (Wildman–Crippen MR) is 266 cm³/mol. The summed E-state index contributed by atoms with van der Waals surface area (Å²) in [6.45, 7) is 14.1. The van der Waals surface area contributed by atoms with Gasteiger partial charge in [-0.05, 0) is 115 Å². The number of methoxy groups -OCH3 is 3. The Morgan fingerprint density at radius 1 is 0.944 bits per heavy atom. The van der Waals surface area contributed by atoms with Crippen LogP contribution in [0.3, 0.4) is 0 Å². The van der Waals surface area contributed by atoms with Gasteiger partial charge in [0.1, 0.15) is 42.2 Å². The highest BCUT2D eigenvalue weighted by molar-refractivity contribution is 6.39. The zero-order valence-electron chi connectivity index (χ0n) is 43.7. The van der Waals surface area contributed by atoms with E-state index in [9.17, 15) is 29.4 Å². The van der Waals surface area contributed by atoms with E-state index in [1.807, 2.05) is 64.2 Å². The van der Waals surface area contributed by atoms with Gasteiger partial charge in [0.2, 0.25) is 5.79 Å². The molecule has 4 heterocycles. The number of Topliss-reactive ketones (excluding diaryl/α,β-unsaturated/α-hetero) is 2. The van der Waals surface area contributed by atoms with Crippen molar-refractivity contribution in [2.45, 2.75) is 180 Å². The van der Waals surface area contributed by atoms with E-state index in [1.165, 1.54) is 19.1 Å². The zero-order valence-corrected chi connectivity index (χ0v) is 43.7. The number of imidazole rings is 1. The lowest BCUT2D eigenvalue weighted by Gasteiger charge is -2.47. The number of allylic oxidation sites excluding steroid dienone is 3. The van der Waals surface area contributed by atoms with Gasteiger partial charge in [-0.15, -0.1) is 0 Å². The summed E-state index contributed by atoms with van der Waals surface area (Å²) in [5.41, 5.74) is 3.39. The molecule has 16 nitrogen and oxygen atoms in total. The molecule has 1 amide bonds. The number of rotatable bonds is 12. The Labute approximate surface area is 420 Å². The molecule has 2 bridgehead atoms. The molecule has 3 N–H and O–H groups in total. The number of carbonyl (C=O) groups excluding carboxylic acids is 4. The smallest absolute Gasteiger partial charge is 0.329 e. The summed E-state index contributed by atoms with van der Waals surface area (Å²) >= 11 is 0. The molecule has 1 aromatic carbocycles. The van der Waals surface area contributed by atoms with Crippen molar-refractivity contribution in [3.63, 3.8) is 0 Å². The van der Waals surface area contributed by atoms with E-state index >= 15 is 0 Å². The first-order chi connectivity index (χ1) is 33.9. The minimum Gasteiger partial charge on any atom is -0.494 e. The number of nitrogens with zero attached hydrogens (tertiary/aromatic N) is 2. The minimum atomic E-state index is -2.52. The normalized spacial score (nSPS) is 35.2. The lowest BCUT2D eigenvalue weighted by Crippen LogP contribution is -2.64. The Balaban J connectivity index is 1.25. The number of aliphatic hydroxyl groups excluding tert-OH is 1. The second kappa shape index (κ2) is 25.6. The first kappa shape index (κ1) is 56.0. The van der Waals surface area contributed by atoms with Crippen molar-refractivity contribution in [2.75, 3.05) is 34.5 Å². The number of esters is 1. The van der Waals surface area contributed by atoms with Gasteiger partial charge in [-0.25, -0.2) is 9.78 Å². The maximum absolute atomic E-state index is 14.6. The van der Waals surface area contributed by atoms with Gasteiger partial charge in [-0.1, -0.05) is 57.6 Å². The van der Waals surface area contributed by atoms with Gasteiger partial charge >= 0.3 is 5.97 Å². The summed E-state index contributed by atoms with van der Waals surface area (Å²) < 4.78 is 42.6. The van der Waals surface area contributed by atoms with Gasteiger partial charge in [0.05, 0.1) is 42.8 Å². The van der Waals surface area contributed by atoms with Gasteiger partial charge in [0.15, 0.2) is 0 Å². The largest absolute Gasteiger partial charge is 0.494 e. The van der Waals surface area contributed by atoms with Crippen LogP contribution in [0.1, 0.15) is 125 Å². The number of hydrogen-bond donors (Lipinski definition) is 3. The van der Waals surface area contributed by atoms with Crippen LogP contribution < -0.4 is 4.74 Å². The molecule has 2 aromatic rings. The SMILES string of the molecule is CCOc1cccc(-c2c[nH]c(COC3CCC(C=C(C)C4OC(=O)C5CCCCN5C(=O)C(=O)C5(O)OC(C(OC)CC(C)C/C(C)=C/C(CC)C(=O)CC(O)C4C)C(OC)CC5C)CC3OC)n2)c1. The number of nitrogens with one attached hydrogen (secondary N) is 1. The van der Waals surface area contributed by atoms with Crippen molar-refractivity contribution in [1.29, 1.82) is 0 Å². The Kier molecular flexibility index (Phi) is 20.2. The van der Waals surface area contributed by atoms with Crippen LogP contribution in [0.25, 0.3) is 11.3 Å². The Hall–Kier alpha value is -4.29. The summed E-state index contributed by atoms with van der Waals surface area (Å²) in [4.78, 5) is 66.6. The van der Waals surface area contributed by atoms with E-state index < -0.39 is 77.8 Å². The van der Waals surface area contributed by atoms with E-state index in [0.717, 1.165) is 29.0 Å². The maximum Gasteiger partial charge on any atom is 0.329 e. The first-order valence-electron chi connectivity index (χ1n) is 25.9. The third-order valence-electron chi connectivity index (χ3n) is 15.4. The van der Waals surface area contributed by atoms with E-state index in [4.69, 9.17) is 38.1 Å². The Morgan fingerprint density at radius 2 is 1.68 bits per heavy atom. The van der Waals surface area contributed by atoms with Gasteiger partial charge < -0.3 is 53.3 Å². The molecule has 1 aliphatic carbocycles. The predicted octanol–water partition coefficient (Wildman–Crippen LogP) is 7.49. The molecular weight excluding hydrogens is 911 g/mol. The second-order valence-electron chi connectivity index (χ2n) is 20.6. The summed E-state index contributed by atoms with van der Waals surface area (Å²) in [5.74, 6) is -6.13. The molecule has 14 unspecified atom stereocenters. The van der Waals surface area contributed by atoms with Gasteiger partial charge in [-0.2, -0.15) is 0 Å². The molecule has 1 saturated carbocycles.